The fourth-order valence-electron chi connectivity index (χ4n) is 4.48. The van der Waals surface area contributed by atoms with Crippen LogP contribution in [0.2, 0.25) is 0 Å². The molecule has 1 N–H and O–H groups in total. The Morgan fingerprint density at radius 1 is 1.14 bits per heavy atom. The molecule has 0 bridgehead atoms. The predicted octanol–water partition coefficient (Wildman–Crippen LogP) is 4.31. The van der Waals surface area contributed by atoms with E-state index in [-0.39, 0.29) is 5.91 Å². The Balaban J connectivity index is 1.33. The molecule has 29 heavy (non-hydrogen) atoms. The van der Waals surface area contributed by atoms with Crippen molar-refractivity contribution in [2.24, 2.45) is 0 Å². The number of hydrogen-bond donors (Lipinski definition) is 1. The van der Waals surface area contributed by atoms with Gasteiger partial charge >= 0.3 is 0 Å². The maximum absolute atomic E-state index is 13.0. The smallest absolute Gasteiger partial charge is 0.270 e. The summed E-state index contributed by atoms with van der Waals surface area (Å²) in [5.41, 5.74) is 3.80. The lowest BCUT2D eigenvalue weighted by Crippen LogP contribution is -2.39. The molecule has 4 aromatic rings. The highest BCUT2D eigenvalue weighted by atomic mass is 16.5. The van der Waals surface area contributed by atoms with Gasteiger partial charge in [0.1, 0.15) is 17.3 Å². The highest BCUT2D eigenvalue weighted by Crippen LogP contribution is 2.29. The van der Waals surface area contributed by atoms with E-state index in [4.69, 9.17) is 9.72 Å². The molecular weight excluding hydrogens is 364 g/mol. The van der Waals surface area contributed by atoms with E-state index >= 15 is 0 Å². The quantitative estimate of drug-likeness (QED) is 0.569. The van der Waals surface area contributed by atoms with Crippen LogP contribution in [-0.4, -0.2) is 45.5 Å². The third-order valence-corrected chi connectivity index (χ3v) is 5.95. The molecule has 0 radical (unpaired) electrons. The van der Waals surface area contributed by atoms with Crippen molar-refractivity contribution in [2.45, 2.75) is 25.8 Å². The molecule has 1 aliphatic heterocycles. The van der Waals surface area contributed by atoms with E-state index in [1.165, 1.54) is 5.52 Å². The van der Waals surface area contributed by atoms with Gasteiger partial charge in [-0.3, -0.25) is 4.79 Å². The van der Waals surface area contributed by atoms with Gasteiger partial charge in [-0.05, 0) is 56.2 Å². The van der Waals surface area contributed by atoms with Crippen molar-refractivity contribution in [1.29, 1.82) is 0 Å². The molecule has 6 heteroatoms. The van der Waals surface area contributed by atoms with Gasteiger partial charge in [0.25, 0.3) is 5.91 Å². The van der Waals surface area contributed by atoms with E-state index in [1.54, 1.807) is 7.11 Å². The van der Waals surface area contributed by atoms with Crippen LogP contribution in [0.5, 0.6) is 5.75 Å². The molecule has 0 saturated carbocycles. The highest BCUT2D eigenvalue weighted by Gasteiger charge is 2.27. The number of imidazole rings is 1. The predicted molar refractivity (Wildman–Crippen MR) is 113 cm³/mol. The van der Waals surface area contributed by atoms with Crippen LogP contribution >= 0.6 is 0 Å². The van der Waals surface area contributed by atoms with Crippen molar-refractivity contribution in [3.8, 4) is 5.75 Å². The summed E-state index contributed by atoms with van der Waals surface area (Å²) in [7, 11) is 1.65. The van der Waals surface area contributed by atoms with Crippen molar-refractivity contribution < 1.29 is 9.53 Å². The Kier molecular flexibility index (Phi) is 4.27. The van der Waals surface area contributed by atoms with Crippen LogP contribution in [0.4, 0.5) is 0 Å². The molecule has 1 aliphatic rings. The summed E-state index contributed by atoms with van der Waals surface area (Å²) in [4.78, 5) is 22.9. The molecule has 0 aliphatic carbocycles. The fraction of sp³-hybridized carbons (Fsp3) is 0.304. The summed E-state index contributed by atoms with van der Waals surface area (Å²) in [5.74, 6) is 1.89. The number of piperidine rings is 1. The summed E-state index contributed by atoms with van der Waals surface area (Å²) in [6.07, 6.45) is 1.86. The molecule has 0 unspecified atom stereocenters. The summed E-state index contributed by atoms with van der Waals surface area (Å²) in [6.45, 7) is 3.55. The molecular formula is C23H24N4O2. The summed E-state index contributed by atoms with van der Waals surface area (Å²) in [6, 6.07) is 16.4. The van der Waals surface area contributed by atoms with E-state index < -0.39 is 0 Å². The molecule has 1 amide bonds. The number of benzene rings is 2. The highest BCUT2D eigenvalue weighted by molar-refractivity contribution is 5.98. The molecule has 2 aromatic heterocycles. The lowest BCUT2D eigenvalue weighted by molar-refractivity contribution is 0.0690. The number of carbonyl (C=O) groups is 1. The number of rotatable bonds is 3. The molecule has 0 spiro atoms. The van der Waals surface area contributed by atoms with Crippen molar-refractivity contribution in [3.05, 3.63) is 60.0 Å². The molecule has 2 aromatic carbocycles. The van der Waals surface area contributed by atoms with E-state index in [2.05, 4.69) is 34.7 Å². The second-order valence-electron chi connectivity index (χ2n) is 7.68. The SMILES string of the molecule is COc1ccc2[nH]c(C(=O)N3CCC(n4c(C)nc5ccccc54)CC3)cc2c1. The number of aromatic nitrogens is 3. The van der Waals surface area contributed by atoms with Crippen molar-refractivity contribution >= 4 is 27.8 Å². The van der Waals surface area contributed by atoms with Gasteiger partial charge in [-0.25, -0.2) is 4.98 Å². The number of nitrogens with one attached hydrogen (secondary N) is 1. The lowest BCUT2D eigenvalue weighted by atomic mass is 10.0. The minimum Gasteiger partial charge on any atom is -0.497 e. The van der Waals surface area contributed by atoms with E-state index in [1.807, 2.05) is 35.2 Å². The number of amides is 1. The third kappa shape index (κ3) is 3.05. The van der Waals surface area contributed by atoms with E-state index in [0.29, 0.717) is 11.7 Å². The zero-order chi connectivity index (χ0) is 20.0. The van der Waals surface area contributed by atoms with Gasteiger partial charge in [-0.15, -0.1) is 0 Å². The van der Waals surface area contributed by atoms with E-state index in [0.717, 1.165) is 53.9 Å². The first-order valence-electron chi connectivity index (χ1n) is 10.0. The zero-order valence-electron chi connectivity index (χ0n) is 16.7. The first kappa shape index (κ1) is 17.8. The monoisotopic (exact) mass is 388 g/mol. The van der Waals surface area contributed by atoms with Crippen molar-refractivity contribution in [2.75, 3.05) is 20.2 Å². The van der Waals surface area contributed by atoms with Gasteiger partial charge in [-0.2, -0.15) is 0 Å². The average Bonchev–Trinajstić information content (AvgIpc) is 3.32. The second-order valence-corrected chi connectivity index (χ2v) is 7.68. The number of para-hydroxylation sites is 2. The fourth-order valence-corrected chi connectivity index (χ4v) is 4.48. The summed E-state index contributed by atoms with van der Waals surface area (Å²) in [5, 5.41) is 0.989. The zero-order valence-corrected chi connectivity index (χ0v) is 16.7. The number of carbonyl (C=O) groups excluding carboxylic acids is 1. The molecule has 3 heterocycles. The van der Waals surface area contributed by atoms with Crippen LogP contribution in [0.1, 0.15) is 35.2 Å². The Morgan fingerprint density at radius 3 is 2.72 bits per heavy atom. The van der Waals surface area contributed by atoms with Gasteiger partial charge in [-0.1, -0.05) is 12.1 Å². The lowest BCUT2D eigenvalue weighted by Gasteiger charge is -2.33. The Bertz CT molecular complexity index is 1200. The number of nitrogens with zero attached hydrogens (tertiary/aromatic N) is 3. The van der Waals surface area contributed by atoms with Crippen LogP contribution in [-0.2, 0) is 0 Å². The first-order valence-corrected chi connectivity index (χ1v) is 10.0. The van der Waals surface area contributed by atoms with Crippen LogP contribution in [0, 0.1) is 6.92 Å². The Labute approximate surface area is 169 Å². The van der Waals surface area contributed by atoms with Crippen molar-refractivity contribution in [1.82, 2.24) is 19.4 Å². The molecule has 1 saturated heterocycles. The van der Waals surface area contributed by atoms with Crippen molar-refractivity contribution in [3.63, 3.8) is 0 Å². The normalized spacial score (nSPS) is 15.3. The van der Waals surface area contributed by atoms with Crippen LogP contribution in [0.15, 0.2) is 48.5 Å². The van der Waals surface area contributed by atoms with Gasteiger partial charge in [0.2, 0.25) is 0 Å². The molecule has 148 valence electrons. The maximum atomic E-state index is 13.0. The summed E-state index contributed by atoms with van der Waals surface area (Å²) >= 11 is 0. The molecule has 6 nitrogen and oxygen atoms in total. The standard InChI is InChI=1S/C23H24N4O2/c1-15-24-20-5-3-4-6-22(20)27(15)17-9-11-26(12-10-17)23(28)21-14-16-13-18(29-2)7-8-19(16)25-21/h3-8,13-14,17,25H,9-12H2,1-2H3. The number of likely N-dealkylation sites (tertiary alicyclic amines) is 1. The van der Waals surface area contributed by atoms with Gasteiger partial charge < -0.3 is 19.2 Å². The number of aromatic amines is 1. The Hall–Kier alpha value is -3.28. The Morgan fingerprint density at radius 2 is 1.93 bits per heavy atom. The third-order valence-electron chi connectivity index (χ3n) is 5.95. The molecule has 0 atom stereocenters. The van der Waals surface area contributed by atoms with Crippen LogP contribution in [0.3, 0.4) is 0 Å². The van der Waals surface area contributed by atoms with Gasteiger partial charge in [0.05, 0.1) is 18.1 Å². The van der Waals surface area contributed by atoms with Crippen LogP contribution in [0.25, 0.3) is 21.9 Å². The largest absolute Gasteiger partial charge is 0.497 e. The minimum atomic E-state index is 0.0610. The number of ether oxygens (including phenoxy) is 1. The average molecular weight is 388 g/mol. The minimum absolute atomic E-state index is 0.0610. The number of aryl methyl sites for hydroxylation is 1. The molecule has 1 fully saturated rings. The number of fused-ring (bicyclic) bond motifs is 2. The maximum Gasteiger partial charge on any atom is 0.270 e. The van der Waals surface area contributed by atoms with Crippen LogP contribution < -0.4 is 4.74 Å². The number of methoxy groups -OCH3 is 1. The summed E-state index contributed by atoms with van der Waals surface area (Å²) < 4.78 is 7.62. The first-order chi connectivity index (χ1) is 14.1. The van der Waals surface area contributed by atoms with Gasteiger partial charge in [0.15, 0.2) is 0 Å². The topological polar surface area (TPSA) is 63.2 Å². The second kappa shape index (κ2) is 6.95. The van der Waals surface area contributed by atoms with E-state index in [9.17, 15) is 4.79 Å². The molecule has 5 rings (SSSR count). The number of H-pyrrole nitrogens is 1. The number of hydrogen-bond acceptors (Lipinski definition) is 3. The van der Waals surface area contributed by atoms with Gasteiger partial charge in [0, 0.05) is 30.0 Å².